The lowest BCUT2D eigenvalue weighted by molar-refractivity contribution is -0.121. The molecule has 7 heteroatoms. The highest BCUT2D eigenvalue weighted by Gasteiger charge is 2.21. The fourth-order valence-corrected chi connectivity index (χ4v) is 4.56. The second-order valence-corrected chi connectivity index (χ2v) is 9.52. The Morgan fingerprint density at radius 2 is 2.00 bits per heavy atom. The molecule has 1 unspecified atom stereocenters. The number of rotatable bonds is 10. The first-order chi connectivity index (χ1) is 10.7. The Hall–Kier alpha value is -0.920. The second kappa shape index (κ2) is 9.39. The maximum absolute atomic E-state index is 12.2. The quantitative estimate of drug-likeness (QED) is 0.697. The van der Waals surface area contributed by atoms with Gasteiger partial charge in [0.15, 0.2) is 0 Å². The maximum Gasteiger partial charge on any atom is 0.252 e. The minimum absolute atomic E-state index is 0.0109. The standard InChI is InChI=1S/C16H28N2O3S2/c1-13(2)9-10-14(3)17-15(19)7-5-11-18(4)23(20,21)16-8-6-12-22-16/h6,8,12-14H,5,7,9-11H2,1-4H3,(H,17,19). The van der Waals surface area contributed by atoms with Crippen molar-refractivity contribution in [3.05, 3.63) is 17.5 Å². The van der Waals surface area contributed by atoms with Crippen molar-refractivity contribution < 1.29 is 13.2 Å². The highest BCUT2D eigenvalue weighted by molar-refractivity contribution is 7.91. The second-order valence-electron chi connectivity index (χ2n) is 6.30. The van der Waals surface area contributed by atoms with E-state index in [-0.39, 0.29) is 11.9 Å². The first-order valence-corrected chi connectivity index (χ1v) is 10.3. The van der Waals surface area contributed by atoms with Gasteiger partial charge in [0, 0.05) is 26.1 Å². The average Bonchev–Trinajstić information content (AvgIpc) is 2.99. The third kappa shape index (κ3) is 7.01. The summed E-state index contributed by atoms with van der Waals surface area (Å²) in [5.41, 5.74) is 0. The number of hydrogen-bond donors (Lipinski definition) is 1. The van der Waals surface area contributed by atoms with Crippen LogP contribution in [-0.4, -0.2) is 38.3 Å². The molecule has 0 radical (unpaired) electrons. The summed E-state index contributed by atoms with van der Waals surface area (Å²) >= 11 is 1.21. The smallest absolute Gasteiger partial charge is 0.252 e. The zero-order valence-electron chi connectivity index (χ0n) is 14.4. The van der Waals surface area contributed by atoms with Gasteiger partial charge < -0.3 is 5.32 Å². The van der Waals surface area contributed by atoms with Crippen molar-refractivity contribution in [2.75, 3.05) is 13.6 Å². The monoisotopic (exact) mass is 360 g/mol. The molecule has 0 spiro atoms. The van der Waals surface area contributed by atoms with Gasteiger partial charge in [-0.3, -0.25) is 4.79 Å². The molecule has 1 atom stereocenters. The molecule has 5 nitrogen and oxygen atoms in total. The number of nitrogens with zero attached hydrogens (tertiary/aromatic N) is 1. The van der Waals surface area contributed by atoms with E-state index in [1.807, 2.05) is 6.92 Å². The lowest BCUT2D eigenvalue weighted by Crippen LogP contribution is -2.33. The van der Waals surface area contributed by atoms with Gasteiger partial charge in [-0.25, -0.2) is 12.7 Å². The van der Waals surface area contributed by atoms with E-state index in [1.54, 1.807) is 24.6 Å². The third-order valence-electron chi connectivity index (χ3n) is 3.62. The van der Waals surface area contributed by atoms with E-state index in [1.165, 1.54) is 15.6 Å². The van der Waals surface area contributed by atoms with Crippen LogP contribution < -0.4 is 5.32 Å². The lowest BCUT2D eigenvalue weighted by Gasteiger charge is -2.17. The lowest BCUT2D eigenvalue weighted by atomic mass is 10.0. The molecule has 0 fully saturated rings. The molecule has 1 heterocycles. The number of carbonyl (C=O) groups is 1. The van der Waals surface area contributed by atoms with E-state index in [4.69, 9.17) is 0 Å². The summed E-state index contributed by atoms with van der Waals surface area (Å²) in [6, 6.07) is 3.48. The van der Waals surface area contributed by atoms with E-state index >= 15 is 0 Å². The molecule has 23 heavy (non-hydrogen) atoms. The summed E-state index contributed by atoms with van der Waals surface area (Å²) < 4.78 is 26.1. The minimum Gasteiger partial charge on any atom is -0.354 e. The highest BCUT2D eigenvalue weighted by atomic mass is 32.2. The van der Waals surface area contributed by atoms with Gasteiger partial charge in [-0.2, -0.15) is 0 Å². The van der Waals surface area contributed by atoms with Crippen molar-refractivity contribution in [2.45, 2.75) is 56.7 Å². The van der Waals surface area contributed by atoms with Crippen LogP contribution >= 0.6 is 11.3 Å². The number of amides is 1. The fraction of sp³-hybridized carbons (Fsp3) is 0.688. The Labute approximate surface area is 144 Å². The predicted molar refractivity (Wildman–Crippen MR) is 95.0 cm³/mol. The van der Waals surface area contributed by atoms with Crippen LogP contribution in [-0.2, 0) is 14.8 Å². The predicted octanol–water partition coefficient (Wildman–Crippen LogP) is 3.09. The highest BCUT2D eigenvalue weighted by Crippen LogP contribution is 2.19. The normalized spacial score (nSPS) is 13.5. The van der Waals surface area contributed by atoms with Gasteiger partial charge in [0.2, 0.25) is 5.91 Å². The summed E-state index contributed by atoms with van der Waals surface area (Å²) in [5.74, 6) is 0.619. The Balaban J connectivity index is 2.32. The zero-order chi connectivity index (χ0) is 17.5. The van der Waals surface area contributed by atoms with Crippen LogP contribution in [0.3, 0.4) is 0 Å². The molecule has 1 aromatic heterocycles. The molecular weight excluding hydrogens is 332 g/mol. The van der Waals surface area contributed by atoms with Gasteiger partial charge in [0.25, 0.3) is 10.0 Å². The van der Waals surface area contributed by atoms with E-state index in [0.717, 1.165) is 12.8 Å². The first-order valence-electron chi connectivity index (χ1n) is 8.02. The largest absolute Gasteiger partial charge is 0.354 e. The molecule has 1 rings (SSSR count). The molecule has 0 aliphatic heterocycles. The molecule has 0 aromatic carbocycles. The number of carbonyl (C=O) groups excluding carboxylic acids is 1. The first kappa shape index (κ1) is 20.1. The number of sulfonamides is 1. The summed E-state index contributed by atoms with van der Waals surface area (Å²) in [7, 11) is -1.86. The number of thiophene rings is 1. The van der Waals surface area contributed by atoms with Crippen LogP contribution in [0.1, 0.15) is 46.5 Å². The Bertz CT molecular complexity index is 568. The van der Waals surface area contributed by atoms with Crippen molar-refractivity contribution in [3.63, 3.8) is 0 Å². The maximum atomic E-state index is 12.2. The van der Waals surface area contributed by atoms with Crippen molar-refractivity contribution in [1.29, 1.82) is 0 Å². The van der Waals surface area contributed by atoms with Crippen molar-refractivity contribution in [1.82, 2.24) is 9.62 Å². The van der Waals surface area contributed by atoms with Gasteiger partial charge in [-0.05, 0) is 43.6 Å². The molecule has 0 aliphatic rings. The Kier molecular flexibility index (Phi) is 8.22. The molecule has 0 bridgehead atoms. The van der Waals surface area contributed by atoms with Crippen LogP contribution in [0.4, 0.5) is 0 Å². The molecule has 1 N–H and O–H groups in total. The van der Waals surface area contributed by atoms with E-state index < -0.39 is 10.0 Å². The van der Waals surface area contributed by atoms with E-state index in [0.29, 0.717) is 29.5 Å². The van der Waals surface area contributed by atoms with Crippen molar-refractivity contribution in [3.8, 4) is 0 Å². The van der Waals surface area contributed by atoms with Gasteiger partial charge in [-0.15, -0.1) is 11.3 Å². The van der Waals surface area contributed by atoms with Crippen LogP contribution in [0.5, 0.6) is 0 Å². The molecule has 132 valence electrons. The SMILES string of the molecule is CC(C)CCC(C)NC(=O)CCCN(C)S(=O)(=O)c1cccs1. The zero-order valence-corrected chi connectivity index (χ0v) is 16.0. The van der Waals surface area contributed by atoms with Crippen molar-refractivity contribution >= 4 is 27.3 Å². The fourth-order valence-electron chi connectivity index (χ4n) is 2.15. The van der Waals surface area contributed by atoms with Crippen molar-refractivity contribution in [2.24, 2.45) is 5.92 Å². The van der Waals surface area contributed by atoms with E-state index in [9.17, 15) is 13.2 Å². The Morgan fingerprint density at radius 1 is 1.30 bits per heavy atom. The summed E-state index contributed by atoms with van der Waals surface area (Å²) in [6.07, 6.45) is 2.92. The van der Waals surface area contributed by atoms with Crippen LogP contribution in [0.2, 0.25) is 0 Å². The molecule has 1 aromatic rings. The van der Waals surface area contributed by atoms with Crippen LogP contribution in [0, 0.1) is 5.92 Å². The van der Waals surface area contributed by atoms with Gasteiger partial charge in [0.05, 0.1) is 0 Å². The summed E-state index contributed by atoms with van der Waals surface area (Å²) in [4.78, 5) is 11.9. The van der Waals surface area contributed by atoms with Crippen LogP contribution in [0.25, 0.3) is 0 Å². The Morgan fingerprint density at radius 3 is 2.57 bits per heavy atom. The minimum atomic E-state index is -3.41. The molecular formula is C16H28N2O3S2. The summed E-state index contributed by atoms with van der Waals surface area (Å²) in [5, 5.41) is 4.71. The van der Waals surface area contributed by atoms with E-state index in [2.05, 4.69) is 19.2 Å². The van der Waals surface area contributed by atoms with Gasteiger partial charge in [0.1, 0.15) is 4.21 Å². The topological polar surface area (TPSA) is 66.5 Å². The molecule has 0 saturated heterocycles. The molecule has 0 aliphatic carbocycles. The van der Waals surface area contributed by atoms with Crippen LogP contribution in [0.15, 0.2) is 21.7 Å². The molecule has 1 amide bonds. The summed E-state index contributed by atoms with van der Waals surface area (Å²) in [6.45, 7) is 6.68. The third-order valence-corrected chi connectivity index (χ3v) is 6.85. The average molecular weight is 361 g/mol. The molecule has 0 saturated carbocycles. The van der Waals surface area contributed by atoms with Gasteiger partial charge in [-0.1, -0.05) is 19.9 Å². The number of hydrogen-bond acceptors (Lipinski definition) is 4. The van der Waals surface area contributed by atoms with Gasteiger partial charge >= 0.3 is 0 Å². The number of nitrogens with one attached hydrogen (secondary N) is 1.